The molecule has 6 rings (SSSR count). The largest absolute Gasteiger partial charge is 0.497 e. The quantitative estimate of drug-likeness (QED) is 0.173. The predicted octanol–water partition coefficient (Wildman–Crippen LogP) is 5.87. The number of ether oxygens (including phenoxy) is 3. The van der Waals surface area contributed by atoms with Crippen LogP contribution in [-0.2, 0) is 34.3 Å². The number of methoxy groups -OCH3 is 2. The first-order valence-corrected chi connectivity index (χ1v) is 17.0. The number of aromatic nitrogens is 2. The first kappa shape index (κ1) is 33.5. The van der Waals surface area contributed by atoms with Crippen LogP contribution >= 0.6 is 0 Å². The molecule has 2 aromatic heterocycles. The van der Waals surface area contributed by atoms with Crippen LogP contribution < -0.4 is 9.47 Å². The molecule has 1 saturated heterocycles. The van der Waals surface area contributed by atoms with Gasteiger partial charge in [-0.25, -0.2) is 22.2 Å². The number of imidazole rings is 1. The summed E-state index contributed by atoms with van der Waals surface area (Å²) in [7, 11) is 0.682. The van der Waals surface area contributed by atoms with Crippen molar-refractivity contribution in [3.63, 3.8) is 0 Å². The van der Waals surface area contributed by atoms with Crippen LogP contribution in [0.3, 0.4) is 0 Å². The Balaban J connectivity index is 1.39. The molecule has 252 valence electrons. The third-order valence-electron chi connectivity index (χ3n) is 8.57. The molecule has 0 bridgehead atoms. The molecule has 1 aliphatic rings. The molecule has 3 heterocycles. The van der Waals surface area contributed by atoms with E-state index in [2.05, 4.69) is 9.88 Å². The minimum Gasteiger partial charge on any atom is -0.497 e. The number of benzene rings is 3. The second-order valence-corrected chi connectivity index (χ2v) is 14.0. The molecule has 5 aromatic rings. The molecule has 1 fully saturated rings. The fourth-order valence-electron chi connectivity index (χ4n) is 5.97. The van der Waals surface area contributed by atoms with Gasteiger partial charge in [0.1, 0.15) is 28.8 Å². The summed E-state index contributed by atoms with van der Waals surface area (Å²) in [5, 5.41) is 0. The highest BCUT2D eigenvalue weighted by Gasteiger charge is 2.31. The average Bonchev–Trinajstić information content (AvgIpc) is 3.40. The van der Waals surface area contributed by atoms with Crippen LogP contribution in [0.1, 0.15) is 22.4 Å². The number of nitrogens with zero attached hydrogens (tertiary/aromatic N) is 4. The van der Waals surface area contributed by atoms with Crippen LogP contribution in [0.25, 0.3) is 16.9 Å². The normalized spacial score (nSPS) is 15.7. The predicted molar refractivity (Wildman–Crippen MR) is 179 cm³/mol. The van der Waals surface area contributed by atoms with Crippen LogP contribution in [-0.4, -0.2) is 74.1 Å². The molecule has 1 atom stereocenters. The van der Waals surface area contributed by atoms with Gasteiger partial charge in [-0.2, -0.15) is 4.31 Å². The number of hydrogen-bond donors (Lipinski definition) is 0. The van der Waals surface area contributed by atoms with Crippen LogP contribution in [0.5, 0.6) is 11.5 Å². The monoisotopic (exact) mass is 676 g/mol. The molecule has 3 aromatic carbocycles. The van der Waals surface area contributed by atoms with Crippen molar-refractivity contribution in [3.05, 3.63) is 113 Å². The van der Waals surface area contributed by atoms with Gasteiger partial charge in [-0.05, 0) is 79.2 Å². The summed E-state index contributed by atoms with van der Waals surface area (Å²) in [4.78, 5) is 6.30. The van der Waals surface area contributed by atoms with Crippen LogP contribution in [0.4, 0.5) is 8.78 Å². The lowest BCUT2D eigenvalue weighted by atomic mass is 10.0. The molecule has 0 saturated carbocycles. The average molecular weight is 677 g/mol. The van der Waals surface area contributed by atoms with Crippen molar-refractivity contribution >= 4 is 15.7 Å². The molecule has 48 heavy (non-hydrogen) atoms. The van der Waals surface area contributed by atoms with Gasteiger partial charge in [0.05, 0.1) is 48.8 Å². The molecule has 9 nitrogen and oxygen atoms in total. The molecular formula is C36H38F2N4O5S. The molecule has 1 aliphatic heterocycles. The van der Waals surface area contributed by atoms with Gasteiger partial charge in [0, 0.05) is 38.8 Å². The summed E-state index contributed by atoms with van der Waals surface area (Å²) in [6.07, 6.45) is 1.98. The maximum Gasteiger partial charge on any atom is 0.243 e. The number of likely N-dealkylation sites (N-methyl/N-ethyl adjacent to an activating group) is 1. The second kappa shape index (κ2) is 14.0. The summed E-state index contributed by atoms with van der Waals surface area (Å²) in [5.41, 5.74) is 3.13. The molecule has 0 amide bonds. The molecule has 12 heteroatoms. The zero-order valence-electron chi connectivity index (χ0n) is 27.3. The summed E-state index contributed by atoms with van der Waals surface area (Å²) in [6, 6.07) is 19.4. The van der Waals surface area contributed by atoms with Crippen molar-refractivity contribution in [2.45, 2.75) is 37.4 Å². The lowest BCUT2D eigenvalue weighted by Gasteiger charge is -2.30. The van der Waals surface area contributed by atoms with E-state index in [-0.39, 0.29) is 30.5 Å². The molecule has 0 radical (unpaired) electrons. The van der Waals surface area contributed by atoms with E-state index in [1.54, 1.807) is 62.8 Å². The maximum absolute atomic E-state index is 16.2. The number of aryl methyl sites for hydroxylation is 1. The molecular weight excluding hydrogens is 638 g/mol. The Morgan fingerprint density at radius 1 is 0.917 bits per heavy atom. The van der Waals surface area contributed by atoms with Crippen molar-refractivity contribution in [2.75, 3.05) is 41.0 Å². The molecule has 0 spiro atoms. The van der Waals surface area contributed by atoms with Crippen LogP contribution in [0.15, 0.2) is 83.9 Å². The van der Waals surface area contributed by atoms with Gasteiger partial charge in [-0.3, -0.25) is 0 Å². The summed E-state index contributed by atoms with van der Waals surface area (Å²) in [5.74, 6) is -0.811. The third-order valence-corrected chi connectivity index (χ3v) is 10.3. The number of hydrogen-bond acceptors (Lipinski definition) is 7. The zero-order chi connectivity index (χ0) is 34.0. The number of morpholine rings is 1. The Labute approximate surface area is 279 Å². The van der Waals surface area contributed by atoms with E-state index in [0.717, 1.165) is 24.2 Å². The number of pyridine rings is 1. The maximum atomic E-state index is 16.2. The van der Waals surface area contributed by atoms with Crippen molar-refractivity contribution in [1.29, 1.82) is 0 Å². The van der Waals surface area contributed by atoms with E-state index in [1.165, 1.54) is 4.31 Å². The standard InChI is InChI=1S/C36H38F2N4O5S/c1-24-13-14-42-33(18-29-23-40(2)15-16-47-29)36(39-34(42)17-24)35-31(37)19-30(20-32(35)38)48(43,44)41(21-25-5-9-27(45-3)10-6-25)22-26-7-11-28(46-4)12-8-26/h5-14,17,19-20,29H,15-16,18,21-23H2,1-4H3/t29-/m0/s1. The van der Waals surface area contributed by atoms with E-state index in [0.29, 0.717) is 53.5 Å². The summed E-state index contributed by atoms with van der Waals surface area (Å²) < 4.78 is 80.2. The van der Waals surface area contributed by atoms with E-state index in [1.807, 2.05) is 36.7 Å². The van der Waals surface area contributed by atoms with Gasteiger partial charge in [0.15, 0.2) is 0 Å². The fourth-order valence-corrected chi connectivity index (χ4v) is 7.41. The van der Waals surface area contributed by atoms with Crippen LogP contribution in [0.2, 0.25) is 0 Å². The molecule has 0 unspecified atom stereocenters. The highest BCUT2D eigenvalue weighted by Crippen LogP contribution is 2.34. The zero-order valence-corrected chi connectivity index (χ0v) is 28.1. The summed E-state index contributed by atoms with van der Waals surface area (Å²) >= 11 is 0. The molecule has 0 N–H and O–H groups in total. The Morgan fingerprint density at radius 3 is 2.04 bits per heavy atom. The Hall–Kier alpha value is -4.36. The minimum atomic E-state index is -4.40. The lowest BCUT2D eigenvalue weighted by Crippen LogP contribution is -2.41. The lowest BCUT2D eigenvalue weighted by molar-refractivity contribution is -0.0190. The van der Waals surface area contributed by atoms with Crippen molar-refractivity contribution in [2.24, 2.45) is 0 Å². The van der Waals surface area contributed by atoms with Gasteiger partial charge < -0.3 is 23.5 Å². The van der Waals surface area contributed by atoms with E-state index >= 15 is 8.78 Å². The van der Waals surface area contributed by atoms with Crippen LogP contribution in [0, 0.1) is 18.6 Å². The first-order valence-electron chi connectivity index (χ1n) is 15.6. The second-order valence-electron chi connectivity index (χ2n) is 12.0. The smallest absolute Gasteiger partial charge is 0.243 e. The van der Waals surface area contributed by atoms with Crippen molar-refractivity contribution in [1.82, 2.24) is 18.6 Å². The topological polar surface area (TPSA) is 85.6 Å². The number of halogens is 2. The van der Waals surface area contributed by atoms with Crippen molar-refractivity contribution in [3.8, 4) is 22.8 Å². The first-order chi connectivity index (χ1) is 23.0. The molecule has 0 aliphatic carbocycles. The number of rotatable bonds is 11. The number of fused-ring (bicyclic) bond motifs is 1. The highest BCUT2D eigenvalue weighted by molar-refractivity contribution is 7.89. The SMILES string of the molecule is COc1ccc(CN(Cc2ccc(OC)cc2)S(=O)(=O)c2cc(F)c(-c3nc4cc(C)ccn4c3C[C@H]3CN(C)CCO3)c(F)c2)cc1. The highest BCUT2D eigenvalue weighted by atomic mass is 32.2. The Kier molecular flexibility index (Phi) is 9.79. The van der Waals surface area contributed by atoms with Gasteiger partial charge in [-0.1, -0.05) is 24.3 Å². The minimum absolute atomic E-state index is 0.0465. The van der Waals surface area contributed by atoms with Gasteiger partial charge in [0.25, 0.3) is 0 Å². The Morgan fingerprint density at radius 2 is 1.50 bits per heavy atom. The van der Waals surface area contributed by atoms with Gasteiger partial charge in [-0.15, -0.1) is 0 Å². The third kappa shape index (κ3) is 7.07. The van der Waals surface area contributed by atoms with Crippen molar-refractivity contribution < 1.29 is 31.4 Å². The summed E-state index contributed by atoms with van der Waals surface area (Å²) in [6.45, 7) is 3.81. The van der Waals surface area contributed by atoms with Gasteiger partial charge >= 0.3 is 0 Å². The fraction of sp³-hybridized carbons (Fsp3) is 0.306. The van der Waals surface area contributed by atoms with E-state index in [4.69, 9.17) is 14.2 Å². The van der Waals surface area contributed by atoms with Gasteiger partial charge in [0.2, 0.25) is 10.0 Å². The number of sulfonamides is 1. The Bertz CT molecular complexity index is 1940. The van der Waals surface area contributed by atoms with E-state index < -0.39 is 26.6 Å². The van der Waals surface area contributed by atoms with E-state index in [9.17, 15) is 8.42 Å².